The van der Waals surface area contributed by atoms with Crippen LogP contribution in [-0.4, -0.2) is 32.9 Å². The fourth-order valence-electron chi connectivity index (χ4n) is 1.82. The maximum atomic E-state index is 12.0. The monoisotopic (exact) mass is 298 g/mol. The highest BCUT2D eigenvalue weighted by Gasteiger charge is 2.18. The number of nitrogens with zero attached hydrogens (tertiary/aromatic N) is 1. The predicted molar refractivity (Wildman–Crippen MR) is 83.2 cm³/mol. The molecule has 0 bridgehead atoms. The van der Waals surface area contributed by atoms with Gasteiger partial charge in [-0.25, -0.2) is 12.7 Å². The first-order chi connectivity index (χ1) is 9.16. The lowest BCUT2D eigenvalue weighted by Gasteiger charge is -2.23. The number of hydrogen-bond donors (Lipinski definition) is 1. The van der Waals surface area contributed by atoms with Crippen molar-refractivity contribution in [3.63, 3.8) is 0 Å². The van der Waals surface area contributed by atoms with Crippen LogP contribution in [0, 0.1) is 5.92 Å². The van der Waals surface area contributed by atoms with Gasteiger partial charge in [0, 0.05) is 26.2 Å². The van der Waals surface area contributed by atoms with E-state index < -0.39 is 10.0 Å². The molecule has 0 saturated heterocycles. The van der Waals surface area contributed by atoms with Crippen molar-refractivity contribution in [1.29, 1.82) is 0 Å². The topological polar surface area (TPSA) is 49.4 Å². The Hall–Kier alpha value is -0.910. The molecule has 5 heteroatoms. The Morgan fingerprint density at radius 1 is 1.00 bits per heavy atom. The average molecular weight is 298 g/mol. The average Bonchev–Trinajstić information content (AvgIpc) is 2.38. The number of sulfonamides is 1. The molecule has 1 aromatic carbocycles. The quantitative estimate of drug-likeness (QED) is 0.878. The molecule has 0 fully saturated rings. The molecule has 0 aliphatic carbocycles. The Bertz CT molecular complexity index is 521. The molecular formula is C15H26N2O2S. The summed E-state index contributed by atoms with van der Waals surface area (Å²) in [6.07, 6.45) is 0. The Balaban J connectivity index is 2.87. The summed E-state index contributed by atoms with van der Waals surface area (Å²) in [5, 5.41) is 3.52. The molecule has 0 radical (unpaired) electrons. The first-order valence-corrected chi connectivity index (χ1v) is 8.38. The van der Waals surface area contributed by atoms with Crippen LogP contribution >= 0.6 is 0 Å². The lowest BCUT2D eigenvalue weighted by atomic mass is 10.0. The van der Waals surface area contributed by atoms with Gasteiger partial charge in [0.1, 0.15) is 0 Å². The minimum Gasteiger partial charge on any atom is -0.307 e. The molecule has 0 aromatic heterocycles. The van der Waals surface area contributed by atoms with Crippen LogP contribution in [0.25, 0.3) is 0 Å². The van der Waals surface area contributed by atoms with E-state index in [2.05, 4.69) is 33.0 Å². The van der Waals surface area contributed by atoms with Crippen LogP contribution in [-0.2, 0) is 10.0 Å². The summed E-state index contributed by atoms with van der Waals surface area (Å²) in [5.41, 5.74) is 1.09. The van der Waals surface area contributed by atoms with Crippen molar-refractivity contribution in [2.45, 2.75) is 44.7 Å². The van der Waals surface area contributed by atoms with E-state index in [9.17, 15) is 8.42 Å². The normalized spacial score (nSPS) is 15.6. The Morgan fingerprint density at radius 2 is 1.50 bits per heavy atom. The maximum Gasteiger partial charge on any atom is 0.242 e. The molecule has 0 amide bonds. The number of benzene rings is 1. The van der Waals surface area contributed by atoms with Crippen LogP contribution < -0.4 is 5.32 Å². The second-order valence-electron chi connectivity index (χ2n) is 5.78. The predicted octanol–water partition coefficient (Wildman–Crippen LogP) is 2.63. The zero-order valence-electron chi connectivity index (χ0n) is 13.2. The minimum atomic E-state index is -3.34. The van der Waals surface area contributed by atoms with Gasteiger partial charge < -0.3 is 5.32 Å². The van der Waals surface area contributed by atoms with Gasteiger partial charge in [0.05, 0.1) is 4.90 Å². The van der Waals surface area contributed by atoms with Gasteiger partial charge in [-0.3, -0.25) is 0 Å². The van der Waals surface area contributed by atoms with Crippen molar-refractivity contribution < 1.29 is 8.42 Å². The molecule has 2 atom stereocenters. The summed E-state index contributed by atoms with van der Waals surface area (Å²) < 4.78 is 25.2. The fraction of sp³-hybridized carbons (Fsp3) is 0.600. The lowest BCUT2D eigenvalue weighted by molar-refractivity contribution is 0.389. The van der Waals surface area contributed by atoms with Crippen molar-refractivity contribution in [1.82, 2.24) is 9.62 Å². The third kappa shape index (κ3) is 4.04. The molecule has 114 valence electrons. The molecule has 20 heavy (non-hydrogen) atoms. The van der Waals surface area contributed by atoms with Crippen molar-refractivity contribution in [2.24, 2.45) is 5.92 Å². The third-order valence-electron chi connectivity index (χ3n) is 3.67. The molecule has 0 aliphatic heterocycles. The summed E-state index contributed by atoms with van der Waals surface area (Å²) in [7, 11) is -0.264. The first kappa shape index (κ1) is 17.1. The fourth-order valence-corrected chi connectivity index (χ4v) is 2.72. The van der Waals surface area contributed by atoms with Crippen LogP contribution in [0.2, 0.25) is 0 Å². The molecule has 0 aliphatic rings. The van der Waals surface area contributed by atoms with E-state index in [4.69, 9.17) is 0 Å². The van der Waals surface area contributed by atoms with E-state index in [-0.39, 0.29) is 6.04 Å². The number of hydrogen-bond acceptors (Lipinski definition) is 3. The summed E-state index contributed by atoms with van der Waals surface area (Å²) in [5.74, 6) is 0.561. The van der Waals surface area contributed by atoms with Crippen LogP contribution in [0.3, 0.4) is 0 Å². The van der Waals surface area contributed by atoms with E-state index in [1.807, 2.05) is 12.1 Å². The molecule has 0 saturated carbocycles. The third-order valence-corrected chi connectivity index (χ3v) is 5.50. The SMILES string of the molecule is CC(NC(C)C(C)C)c1ccc(S(=O)(=O)N(C)C)cc1. The molecule has 1 rings (SSSR count). The summed E-state index contributed by atoms with van der Waals surface area (Å²) >= 11 is 0. The first-order valence-electron chi connectivity index (χ1n) is 6.94. The lowest BCUT2D eigenvalue weighted by Crippen LogP contribution is -2.33. The Kier molecular flexibility index (Phi) is 5.74. The van der Waals surface area contributed by atoms with Gasteiger partial charge in [-0.05, 0) is 37.5 Å². The van der Waals surface area contributed by atoms with E-state index in [1.165, 1.54) is 18.4 Å². The summed E-state index contributed by atoms with van der Waals surface area (Å²) in [6, 6.07) is 7.70. The highest BCUT2D eigenvalue weighted by molar-refractivity contribution is 7.89. The molecule has 0 heterocycles. The standard InChI is InChI=1S/C15H26N2O2S/c1-11(2)12(3)16-13(4)14-7-9-15(10-8-14)20(18,19)17(5)6/h7-13,16H,1-6H3. The van der Waals surface area contributed by atoms with E-state index >= 15 is 0 Å². The summed E-state index contributed by atoms with van der Waals surface area (Å²) in [4.78, 5) is 0.329. The molecule has 1 aromatic rings. The molecule has 4 nitrogen and oxygen atoms in total. The van der Waals surface area contributed by atoms with Gasteiger partial charge in [0.15, 0.2) is 0 Å². The largest absolute Gasteiger partial charge is 0.307 e. The second-order valence-corrected chi connectivity index (χ2v) is 7.93. The van der Waals surface area contributed by atoms with Crippen molar-refractivity contribution >= 4 is 10.0 Å². The number of nitrogens with one attached hydrogen (secondary N) is 1. The molecule has 0 spiro atoms. The zero-order valence-corrected chi connectivity index (χ0v) is 14.0. The van der Waals surface area contributed by atoms with Crippen LogP contribution in [0.1, 0.15) is 39.3 Å². The molecule has 1 N–H and O–H groups in total. The number of rotatable bonds is 6. The molecule has 2 unspecified atom stereocenters. The van der Waals surface area contributed by atoms with Gasteiger partial charge in [0.25, 0.3) is 0 Å². The van der Waals surface area contributed by atoms with E-state index in [0.29, 0.717) is 16.9 Å². The smallest absolute Gasteiger partial charge is 0.242 e. The van der Waals surface area contributed by atoms with Crippen molar-refractivity contribution in [2.75, 3.05) is 14.1 Å². The zero-order chi connectivity index (χ0) is 15.5. The minimum absolute atomic E-state index is 0.198. The highest BCUT2D eigenvalue weighted by atomic mass is 32.2. The van der Waals surface area contributed by atoms with Gasteiger partial charge in [-0.1, -0.05) is 26.0 Å². The Morgan fingerprint density at radius 3 is 1.90 bits per heavy atom. The Labute approximate surface area is 123 Å². The van der Waals surface area contributed by atoms with Crippen molar-refractivity contribution in [3.05, 3.63) is 29.8 Å². The van der Waals surface area contributed by atoms with Gasteiger partial charge in [-0.2, -0.15) is 0 Å². The van der Waals surface area contributed by atoms with Crippen molar-refractivity contribution in [3.8, 4) is 0 Å². The highest BCUT2D eigenvalue weighted by Crippen LogP contribution is 2.19. The van der Waals surface area contributed by atoms with Crippen LogP contribution in [0.4, 0.5) is 0 Å². The van der Waals surface area contributed by atoms with Gasteiger partial charge in [-0.15, -0.1) is 0 Å². The molecular weight excluding hydrogens is 272 g/mol. The van der Waals surface area contributed by atoms with Gasteiger partial charge in [0.2, 0.25) is 10.0 Å². The van der Waals surface area contributed by atoms with Crippen LogP contribution in [0.5, 0.6) is 0 Å². The summed E-state index contributed by atoms with van der Waals surface area (Å²) in [6.45, 7) is 8.61. The van der Waals surface area contributed by atoms with E-state index in [0.717, 1.165) is 5.56 Å². The second kappa shape index (κ2) is 6.70. The van der Waals surface area contributed by atoms with E-state index in [1.54, 1.807) is 12.1 Å². The maximum absolute atomic E-state index is 12.0. The van der Waals surface area contributed by atoms with Crippen LogP contribution in [0.15, 0.2) is 29.2 Å². The van der Waals surface area contributed by atoms with Gasteiger partial charge >= 0.3 is 0 Å².